The lowest BCUT2D eigenvalue weighted by molar-refractivity contribution is -0.131. The number of hydrogen-bond acceptors (Lipinski definition) is 4. The van der Waals surface area contributed by atoms with Crippen molar-refractivity contribution in [1.82, 2.24) is 19.8 Å². The van der Waals surface area contributed by atoms with Crippen molar-refractivity contribution < 1.29 is 9.32 Å². The average molecular weight is 364 g/mol. The van der Waals surface area contributed by atoms with Gasteiger partial charge in [0.25, 0.3) is 0 Å². The minimum Gasteiger partial charge on any atom is -0.361 e. The highest BCUT2D eigenvalue weighted by atomic mass is 16.5. The van der Waals surface area contributed by atoms with Crippen LogP contribution in [0.2, 0.25) is 0 Å². The molecule has 0 saturated carbocycles. The summed E-state index contributed by atoms with van der Waals surface area (Å²) >= 11 is 0. The van der Waals surface area contributed by atoms with Gasteiger partial charge in [0.05, 0.1) is 23.8 Å². The smallest absolute Gasteiger partial charge is 0.227 e. The highest BCUT2D eigenvalue weighted by Crippen LogP contribution is 2.32. The van der Waals surface area contributed by atoms with E-state index in [4.69, 9.17) is 4.52 Å². The van der Waals surface area contributed by atoms with Crippen molar-refractivity contribution in [2.75, 3.05) is 6.54 Å². The Morgan fingerprint density at radius 2 is 2.00 bits per heavy atom. The summed E-state index contributed by atoms with van der Waals surface area (Å²) in [6, 6.07) is 12.0. The molecule has 6 nitrogen and oxygen atoms in total. The lowest BCUT2D eigenvalue weighted by atomic mass is 10.1. The fraction of sp³-hybridized carbons (Fsp3) is 0.381. The van der Waals surface area contributed by atoms with E-state index in [1.807, 2.05) is 66.8 Å². The summed E-state index contributed by atoms with van der Waals surface area (Å²) in [7, 11) is 0. The maximum atomic E-state index is 13.1. The Kier molecular flexibility index (Phi) is 4.56. The molecule has 2 aromatic heterocycles. The zero-order valence-corrected chi connectivity index (χ0v) is 16.0. The number of para-hydroxylation sites is 1. The van der Waals surface area contributed by atoms with E-state index >= 15 is 0 Å². The van der Waals surface area contributed by atoms with E-state index in [9.17, 15) is 4.79 Å². The van der Waals surface area contributed by atoms with Gasteiger partial charge in [-0.05, 0) is 45.7 Å². The van der Waals surface area contributed by atoms with E-state index in [0.29, 0.717) is 6.42 Å². The van der Waals surface area contributed by atoms with E-state index in [2.05, 4.69) is 10.3 Å². The van der Waals surface area contributed by atoms with E-state index in [1.165, 1.54) is 0 Å². The summed E-state index contributed by atoms with van der Waals surface area (Å²) in [5, 5.41) is 8.79. The second-order valence-corrected chi connectivity index (χ2v) is 7.18. The molecule has 1 atom stereocenters. The van der Waals surface area contributed by atoms with Crippen molar-refractivity contribution in [2.45, 2.75) is 46.1 Å². The Labute approximate surface area is 158 Å². The molecule has 1 aromatic carbocycles. The molecule has 140 valence electrons. The van der Waals surface area contributed by atoms with Crippen molar-refractivity contribution >= 4 is 5.91 Å². The second-order valence-electron chi connectivity index (χ2n) is 7.18. The fourth-order valence-electron chi connectivity index (χ4n) is 3.92. The molecule has 0 unspecified atom stereocenters. The minimum absolute atomic E-state index is 0.0136. The molecule has 4 rings (SSSR count). The quantitative estimate of drug-likeness (QED) is 0.708. The van der Waals surface area contributed by atoms with Crippen molar-refractivity contribution in [3.05, 3.63) is 64.8 Å². The Hall–Kier alpha value is -2.89. The van der Waals surface area contributed by atoms with Crippen LogP contribution in [0.15, 0.2) is 40.9 Å². The minimum atomic E-state index is 0.0136. The van der Waals surface area contributed by atoms with Crippen molar-refractivity contribution in [3.63, 3.8) is 0 Å². The zero-order valence-electron chi connectivity index (χ0n) is 16.0. The molecule has 6 heteroatoms. The predicted octanol–water partition coefficient (Wildman–Crippen LogP) is 3.69. The van der Waals surface area contributed by atoms with Gasteiger partial charge < -0.3 is 9.42 Å². The van der Waals surface area contributed by atoms with Crippen LogP contribution in [0.3, 0.4) is 0 Å². The van der Waals surface area contributed by atoms with Gasteiger partial charge in [0.15, 0.2) is 0 Å². The van der Waals surface area contributed by atoms with E-state index in [-0.39, 0.29) is 11.9 Å². The van der Waals surface area contributed by atoms with Crippen LogP contribution in [0.1, 0.15) is 47.3 Å². The Bertz CT molecular complexity index is 958. The predicted molar refractivity (Wildman–Crippen MR) is 102 cm³/mol. The molecule has 0 bridgehead atoms. The van der Waals surface area contributed by atoms with Gasteiger partial charge >= 0.3 is 0 Å². The second kappa shape index (κ2) is 7.02. The topological polar surface area (TPSA) is 64.2 Å². The number of aryl methyl sites for hydroxylation is 2. The van der Waals surface area contributed by atoms with Gasteiger partial charge in [0, 0.05) is 23.9 Å². The number of amides is 1. The Morgan fingerprint density at radius 1 is 1.22 bits per heavy atom. The highest BCUT2D eigenvalue weighted by molar-refractivity contribution is 5.80. The molecule has 0 radical (unpaired) electrons. The number of hydrogen-bond donors (Lipinski definition) is 0. The van der Waals surface area contributed by atoms with E-state index in [0.717, 1.165) is 53.5 Å². The highest BCUT2D eigenvalue weighted by Gasteiger charge is 2.32. The molecule has 3 aromatic rings. The molecule has 0 aliphatic carbocycles. The molecule has 1 aliphatic rings. The van der Waals surface area contributed by atoms with Gasteiger partial charge in [-0.1, -0.05) is 23.4 Å². The molecule has 1 amide bonds. The van der Waals surface area contributed by atoms with Crippen LogP contribution in [-0.2, 0) is 11.2 Å². The SMILES string of the molecule is Cc1cc([C@H]2CCCN2C(=O)Cc2c(C)nn(-c3ccccc3)c2C)no1. The van der Waals surface area contributed by atoms with Crippen molar-refractivity contribution in [1.29, 1.82) is 0 Å². The van der Waals surface area contributed by atoms with Crippen LogP contribution in [0.4, 0.5) is 0 Å². The molecule has 27 heavy (non-hydrogen) atoms. The fourth-order valence-corrected chi connectivity index (χ4v) is 3.92. The third kappa shape index (κ3) is 3.27. The van der Waals surface area contributed by atoms with Crippen LogP contribution >= 0.6 is 0 Å². The Morgan fingerprint density at radius 3 is 2.70 bits per heavy atom. The first-order valence-corrected chi connectivity index (χ1v) is 9.38. The lowest BCUT2D eigenvalue weighted by Crippen LogP contribution is -2.32. The number of rotatable bonds is 4. The van der Waals surface area contributed by atoms with Crippen LogP contribution in [0.25, 0.3) is 5.69 Å². The van der Waals surface area contributed by atoms with E-state index in [1.54, 1.807) is 0 Å². The zero-order chi connectivity index (χ0) is 19.0. The van der Waals surface area contributed by atoms with Crippen molar-refractivity contribution in [3.8, 4) is 5.69 Å². The van der Waals surface area contributed by atoms with E-state index < -0.39 is 0 Å². The van der Waals surface area contributed by atoms with Crippen LogP contribution in [-0.4, -0.2) is 32.3 Å². The van der Waals surface area contributed by atoms with Gasteiger partial charge in [0.1, 0.15) is 11.5 Å². The monoisotopic (exact) mass is 364 g/mol. The molecule has 1 aliphatic heterocycles. The molecule has 1 saturated heterocycles. The third-order valence-corrected chi connectivity index (χ3v) is 5.33. The largest absolute Gasteiger partial charge is 0.361 e. The first kappa shape index (κ1) is 17.5. The molecule has 0 spiro atoms. The van der Waals surface area contributed by atoms with Crippen molar-refractivity contribution in [2.24, 2.45) is 0 Å². The first-order chi connectivity index (χ1) is 13.0. The van der Waals surface area contributed by atoms with Gasteiger partial charge in [-0.25, -0.2) is 4.68 Å². The number of benzene rings is 1. The summed E-state index contributed by atoms with van der Waals surface area (Å²) in [6.45, 7) is 6.64. The first-order valence-electron chi connectivity index (χ1n) is 9.38. The van der Waals surface area contributed by atoms with Gasteiger partial charge in [-0.2, -0.15) is 5.10 Å². The summed E-state index contributed by atoms with van der Waals surface area (Å²) < 4.78 is 7.13. The molecular formula is C21H24N4O2. The summed E-state index contributed by atoms with van der Waals surface area (Å²) in [5.41, 5.74) is 4.78. The molecular weight excluding hydrogens is 340 g/mol. The van der Waals surface area contributed by atoms with Crippen LogP contribution < -0.4 is 0 Å². The standard InChI is InChI=1S/C21H24N4O2/c1-14-12-19(23-27-14)20-10-7-11-24(20)21(26)13-18-15(2)22-25(16(18)3)17-8-5-4-6-9-17/h4-6,8-9,12,20H,7,10-11,13H2,1-3H3/t20-/m1/s1. The summed E-state index contributed by atoms with van der Waals surface area (Å²) in [5.74, 6) is 0.900. The molecule has 3 heterocycles. The third-order valence-electron chi connectivity index (χ3n) is 5.33. The maximum absolute atomic E-state index is 13.1. The molecule has 1 fully saturated rings. The number of aromatic nitrogens is 3. The average Bonchev–Trinajstić information content (AvgIpc) is 3.37. The number of carbonyl (C=O) groups excluding carboxylic acids is 1. The Balaban J connectivity index is 1.57. The summed E-state index contributed by atoms with van der Waals surface area (Å²) in [6.07, 6.45) is 2.28. The van der Waals surface area contributed by atoms with Gasteiger partial charge in [-0.3, -0.25) is 4.79 Å². The van der Waals surface area contributed by atoms with Gasteiger partial charge in [-0.15, -0.1) is 0 Å². The maximum Gasteiger partial charge on any atom is 0.227 e. The number of nitrogens with zero attached hydrogens (tertiary/aromatic N) is 4. The number of likely N-dealkylation sites (tertiary alicyclic amines) is 1. The van der Waals surface area contributed by atoms with Gasteiger partial charge in [0.2, 0.25) is 5.91 Å². The number of carbonyl (C=O) groups is 1. The van der Waals surface area contributed by atoms with Crippen LogP contribution in [0, 0.1) is 20.8 Å². The lowest BCUT2D eigenvalue weighted by Gasteiger charge is -2.23. The van der Waals surface area contributed by atoms with Crippen LogP contribution in [0.5, 0.6) is 0 Å². The normalized spacial score (nSPS) is 16.9. The molecule has 0 N–H and O–H groups in total. The summed E-state index contributed by atoms with van der Waals surface area (Å²) in [4.78, 5) is 15.0.